The highest BCUT2D eigenvalue weighted by molar-refractivity contribution is 7.17. The van der Waals surface area contributed by atoms with Crippen LogP contribution in [0.3, 0.4) is 0 Å². The molecule has 1 aromatic heterocycles. The maximum atomic E-state index is 10.2. The zero-order valence-electron chi connectivity index (χ0n) is 9.66. The fourth-order valence-electron chi connectivity index (χ4n) is 2.02. The van der Waals surface area contributed by atoms with Crippen molar-refractivity contribution in [1.29, 1.82) is 0 Å². The first-order valence-electron chi connectivity index (χ1n) is 5.44. The van der Waals surface area contributed by atoms with Crippen LogP contribution in [-0.4, -0.2) is 24.3 Å². The van der Waals surface area contributed by atoms with Crippen molar-refractivity contribution in [3.8, 4) is 0 Å². The third-order valence-corrected chi connectivity index (χ3v) is 3.70. The molecule has 1 atom stereocenters. The zero-order chi connectivity index (χ0) is 11.6. The van der Waals surface area contributed by atoms with Crippen molar-refractivity contribution in [2.75, 3.05) is 13.6 Å². The number of aliphatic hydroxyl groups is 1. The van der Waals surface area contributed by atoms with Crippen molar-refractivity contribution in [3.63, 3.8) is 0 Å². The summed E-state index contributed by atoms with van der Waals surface area (Å²) in [4.78, 5) is 0. The van der Waals surface area contributed by atoms with Crippen LogP contribution in [0.4, 0.5) is 0 Å². The minimum Gasteiger partial charge on any atom is -0.389 e. The second-order valence-corrected chi connectivity index (χ2v) is 5.37. The fraction of sp³-hybridized carbons (Fsp3) is 0.385. The summed E-state index contributed by atoms with van der Waals surface area (Å²) in [6, 6.07) is 8.34. The highest BCUT2D eigenvalue weighted by atomic mass is 32.1. The van der Waals surface area contributed by atoms with Gasteiger partial charge in [0.05, 0.1) is 5.60 Å². The monoisotopic (exact) mass is 235 g/mol. The largest absolute Gasteiger partial charge is 0.389 e. The van der Waals surface area contributed by atoms with E-state index in [0.29, 0.717) is 13.0 Å². The van der Waals surface area contributed by atoms with Gasteiger partial charge in [-0.1, -0.05) is 18.2 Å². The van der Waals surface area contributed by atoms with Crippen molar-refractivity contribution in [1.82, 2.24) is 5.32 Å². The maximum Gasteiger partial charge on any atom is 0.0784 e. The van der Waals surface area contributed by atoms with Gasteiger partial charge < -0.3 is 10.4 Å². The molecule has 0 bridgehead atoms. The van der Waals surface area contributed by atoms with Gasteiger partial charge in [-0.2, -0.15) is 0 Å². The van der Waals surface area contributed by atoms with Crippen LogP contribution in [-0.2, 0) is 6.42 Å². The molecule has 1 heterocycles. The molecule has 16 heavy (non-hydrogen) atoms. The van der Waals surface area contributed by atoms with Gasteiger partial charge in [-0.3, -0.25) is 0 Å². The van der Waals surface area contributed by atoms with Gasteiger partial charge in [-0.05, 0) is 36.4 Å². The highest BCUT2D eigenvalue weighted by Gasteiger charge is 2.21. The van der Waals surface area contributed by atoms with Gasteiger partial charge in [0.25, 0.3) is 0 Å². The molecule has 3 heteroatoms. The molecule has 0 radical (unpaired) electrons. The molecule has 2 aromatic rings. The van der Waals surface area contributed by atoms with Crippen molar-refractivity contribution in [3.05, 3.63) is 35.2 Å². The molecule has 2 rings (SSSR count). The van der Waals surface area contributed by atoms with Gasteiger partial charge in [0, 0.05) is 17.7 Å². The number of benzene rings is 1. The van der Waals surface area contributed by atoms with Gasteiger partial charge >= 0.3 is 0 Å². The minimum atomic E-state index is -0.682. The molecular formula is C13H17NOS. The van der Waals surface area contributed by atoms with Crippen molar-refractivity contribution in [2.45, 2.75) is 18.9 Å². The van der Waals surface area contributed by atoms with Crippen LogP contribution in [0.1, 0.15) is 12.5 Å². The topological polar surface area (TPSA) is 32.3 Å². The molecule has 0 aliphatic heterocycles. The summed E-state index contributed by atoms with van der Waals surface area (Å²) in [7, 11) is 1.86. The molecule has 0 amide bonds. The van der Waals surface area contributed by atoms with Gasteiger partial charge in [-0.15, -0.1) is 11.3 Å². The van der Waals surface area contributed by atoms with Crippen LogP contribution in [0.2, 0.25) is 0 Å². The Labute approximate surface area is 99.9 Å². The van der Waals surface area contributed by atoms with Crippen molar-refractivity contribution < 1.29 is 5.11 Å². The fourth-order valence-corrected chi connectivity index (χ4v) is 2.99. The first-order chi connectivity index (χ1) is 7.62. The predicted octanol–water partition coefficient (Wildman–Crippen LogP) is 2.41. The van der Waals surface area contributed by atoms with Crippen molar-refractivity contribution >= 4 is 21.4 Å². The number of fused-ring (bicyclic) bond motifs is 1. The number of rotatable bonds is 4. The lowest BCUT2D eigenvalue weighted by Crippen LogP contribution is -2.38. The van der Waals surface area contributed by atoms with E-state index in [2.05, 4.69) is 22.8 Å². The van der Waals surface area contributed by atoms with Gasteiger partial charge in [0.2, 0.25) is 0 Å². The summed E-state index contributed by atoms with van der Waals surface area (Å²) in [5.74, 6) is 0. The van der Waals surface area contributed by atoms with Gasteiger partial charge in [-0.25, -0.2) is 0 Å². The lowest BCUT2D eigenvalue weighted by atomic mass is 9.96. The van der Waals surface area contributed by atoms with E-state index < -0.39 is 5.60 Å². The molecule has 0 aliphatic carbocycles. The van der Waals surface area contributed by atoms with E-state index in [0.717, 1.165) is 0 Å². The third-order valence-electron chi connectivity index (χ3n) is 2.69. The molecule has 0 fully saturated rings. The summed E-state index contributed by atoms with van der Waals surface area (Å²) in [6.45, 7) is 2.48. The molecule has 0 saturated heterocycles. The number of hydrogen-bond donors (Lipinski definition) is 2. The number of hydrogen-bond acceptors (Lipinski definition) is 3. The molecular weight excluding hydrogens is 218 g/mol. The Morgan fingerprint density at radius 3 is 2.88 bits per heavy atom. The Balaban J connectivity index is 2.27. The van der Waals surface area contributed by atoms with E-state index in [1.165, 1.54) is 15.6 Å². The van der Waals surface area contributed by atoms with E-state index in [1.807, 2.05) is 26.1 Å². The summed E-state index contributed by atoms with van der Waals surface area (Å²) >= 11 is 1.74. The van der Waals surface area contributed by atoms with Crippen LogP contribution in [0, 0.1) is 0 Å². The highest BCUT2D eigenvalue weighted by Crippen LogP contribution is 2.28. The SMILES string of the molecule is CNCC(C)(O)Cc1csc2ccccc12. The number of thiophene rings is 1. The first kappa shape index (κ1) is 11.6. The van der Waals surface area contributed by atoms with E-state index in [9.17, 15) is 5.11 Å². The lowest BCUT2D eigenvalue weighted by molar-refractivity contribution is 0.0627. The summed E-state index contributed by atoms with van der Waals surface area (Å²) in [5, 5.41) is 16.6. The summed E-state index contributed by atoms with van der Waals surface area (Å²) in [5.41, 5.74) is 0.555. The second kappa shape index (κ2) is 4.53. The van der Waals surface area contributed by atoms with Crippen LogP contribution in [0.15, 0.2) is 29.6 Å². The molecule has 1 aromatic carbocycles. The normalized spacial score (nSPS) is 15.2. The Morgan fingerprint density at radius 2 is 2.12 bits per heavy atom. The zero-order valence-corrected chi connectivity index (χ0v) is 10.5. The van der Waals surface area contributed by atoms with Gasteiger partial charge in [0.15, 0.2) is 0 Å². The lowest BCUT2D eigenvalue weighted by Gasteiger charge is -2.22. The van der Waals surface area contributed by atoms with E-state index in [-0.39, 0.29) is 0 Å². The number of likely N-dealkylation sites (N-methyl/N-ethyl adjacent to an activating group) is 1. The Bertz CT molecular complexity index is 475. The average molecular weight is 235 g/mol. The Morgan fingerprint density at radius 1 is 1.38 bits per heavy atom. The quantitative estimate of drug-likeness (QED) is 0.853. The molecule has 0 saturated carbocycles. The van der Waals surface area contributed by atoms with Crippen LogP contribution < -0.4 is 5.32 Å². The minimum absolute atomic E-state index is 0.608. The molecule has 2 nitrogen and oxygen atoms in total. The van der Waals surface area contributed by atoms with Crippen LogP contribution in [0.5, 0.6) is 0 Å². The van der Waals surface area contributed by atoms with Crippen LogP contribution in [0.25, 0.3) is 10.1 Å². The predicted molar refractivity (Wildman–Crippen MR) is 70.1 cm³/mol. The van der Waals surface area contributed by atoms with Crippen molar-refractivity contribution in [2.24, 2.45) is 0 Å². The van der Waals surface area contributed by atoms with E-state index in [4.69, 9.17) is 0 Å². The maximum absolute atomic E-state index is 10.2. The number of nitrogens with one attached hydrogen (secondary N) is 1. The van der Waals surface area contributed by atoms with Crippen LogP contribution >= 0.6 is 11.3 Å². The molecule has 0 aliphatic rings. The summed E-state index contributed by atoms with van der Waals surface area (Å²) < 4.78 is 1.29. The van der Waals surface area contributed by atoms with Gasteiger partial charge in [0.1, 0.15) is 0 Å². The molecule has 0 spiro atoms. The summed E-state index contributed by atoms with van der Waals surface area (Å²) in [6.07, 6.45) is 0.692. The average Bonchev–Trinajstić information content (AvgIpc) is 2.61. The Hall–Kier alpha value is -0.900. The third kappa shape index (κ3) is 2.43. The molecule has 2 N–H and O–H groups in total. The molecule has 86 valence electrons. The Kier molecular flexibility index (Phi) is 3.28. The second-order valence-electron chi connectivity index (χ2n) is 4.46. The van der Waals surface area contributed by atoms with E-state index in [1.54, 1.807) is 11.3 Å². The standard InChI is InChI=1S/C13H17NOS/c1-13(15,9-14-2)7-10-8-16-12-6-4-3-5-11(10)12/h3-6,8,14-15H,7,9H2,1-2H3. The first-order valence-corrected chi connectivity index (χ1v) is 6.32. The smallest absolute Gasteiger partial charge is 0.0784 e. The van der Waals surface area contributed by atoms with E-state index >= 15 is 0 Å². The molecule has 1 unspecified atom stereocenters.